The molecule has 0 atom stereocenters. The fourth-order valence-corrected chi connectivity index (χ4v) is 1.93. The molecule has 4 nitrogen and oxygen atoms in total. The fourth-order valence-electron chi connectivity index (χ4n) is 1.93. The first-order valence-electron chi connectivity index (χ1n) is 7.17. The lowest BCUT2D eigenvalue weighted by Crippen LogP contribution is -2.24. The third-order valence-corrected chi connectivity index (χ3v) is 3.22. The molecule has 0 saturated carbocycles. The van der Waals surface area contributed by atoms with Crippen LogP contribution in [-0.2, 0) is 4.79 Å². The normalized spacial score (nSPS) is 12.7. The van der Waals surface area contributed by atoms with Crippen LogP contribution in [0.2, 0.25) is 0 Å². The summed E-state index contributed by atoms with van der Waals surface area (Å²) in [4.78, 5) is 12.5. The van der Waals surface area contributed by atoms with Crippen molar-refractivity contribution in [3.05, 3.63) is 53.3 Å². The number of hydrogen-bond acceptors (Lipinski definition) is 3. The summed E-state index contributed by atoms with van der Waals surface area (Å²) in [5.74, 6) is -1.49. The summed E-state index contributed by atoms with van der Waals surface area (Å²) in [7, 11) is 1.34. The standard InChI is InChI=1S/C17H17F3N2O2/c1-3-4-7-13(17(18,19)20)10-15(16(23)24)22(2)14-8-5-6-12(9-14)11-21/h5-10H,3-4H2,1-2H3,(H,23,24). The molecule has 0 aliphatic rings. The molecule has 1 aromatic carbocycles. The Morgan fingerprint density at radius 2 is 2.08 bits per heavy atom. The van der Waals surface area contributed by atoms with E-state index < -0.39 is 23.4 Å². The molecule has 0 fully saturated rings. The third-order valence-electron chi connectivity index (χ3n) is 3.22. The van der Waals surface area contributed by atoms with Crippen LogP contribution in [0.1, 0.15) is 25.3 Å². The fraction of sp³-hybridized carbons (Fsp3) is 0.294. The van der Waals surface area contributed by atoms with E-state index in [2.05, 4.69) is 0 Å². The second-order valence-corrected chi connectivity index (χ2v) is 5.00. The van der Waals surface area contributed by atoms with Crippen molar-refractivity contribution in [3.63, 3.8) is 0 Å². The first-order chi connectivity index (χ1) is 11.2. The van der Waals surface area contributed by atoms with E-state index in [9.17, 15) is 23.1 Å². The van der Waals surface area contributed by atoms with Crippen LogP contribution in [0.5, 0.6) is 0 Å². The van der Waals surface area contributed by atoms with Crippen LogP contribution in [0.25, 0.3) is 0 Å². The van der Waals surface area contributed by atoms with Gasteiger partial charge in [0, 0.05) is 12.7 Å². The maximum atomic E-state index is 13.1. The van der Waals surface area contributed by atoms with Gasteiger partial charge in [0.05, 0.1) is 17.2 Å². The molecule has 24 heavy (non-hydrogen) atoms. The van der Waals surface area contributed by atoms with Crippen LogP contribution in [0.3, 0.4) is 0 Å². The second kappa shape index (κ2) is 8.20. The number of unbranched alkanes of at least 4 members (excludes halogenated alkanes) is 1. The van der Waals surface area contributed by atoms with Gasteiger partial charge in [-0.1, -0.05) is 25.5 Å². The third kappa shape index (κ3) is 5.16. The highest BCUT2D eigenvalue weighted by Crippen LogP contribution is 2.29. The molecule has 0 amide bonds. The summed E-state index contributed by atoms with van der Waals surface area (Å²) in [6.07, 6.45) is -2.37. The Morgan fingerprint density at radius 1 is 1.42 bits per heavy atom. The van der Waals surface area contributed by atoms with Crippen molar-refractivity contribution >= 4 is 11.7 Å². The molecule has 128 valence electrons. The van der Waals surface area contributed by atoms with Gasteiger partial charge in [-0.05, 0) is 30.7 Å². The molecule has 0 aliphatic heterocycles. The molecule has 0 aromatic heterocycles. The van der Waals surface area contributed by atoms with E-state index in [1.165, 1.54) is 31.3 Å². The predicted octanol–water partition coefficient (Wildman–Crippen LogP) is 4.25. The number of hydrogen-bond donors (Lipinski definition) is 1. The number of aliphatic carboxylic acids is 1. The minimum absolute atomic E-state index is 0.186. The van der Waals surface area contributed by atoms with Gasteiger partial charge in [0.1, 0.15) is 5.70 Å². The molecule has 0 unspecified atom stereocenters. The quantitative estimate of drug-likeness (QED) is 0.622. The van der Waals surface area contributed by atoms with Crippen molar-refractivity contribution in [2.24, 2.45) is 0 Å². The SMILES string of the molecule is CCCC=C(C=C(C(=O)O)N(C)c1cccc(C#N)c1)C(F)(F)F. The number of carboxylic acids is 1. The number of rotatable bonds is 6. The van der Waals surface area contributed by atoms with Crippen LogP contribution < -0.4 is 4.90 Å². The zero-order chi connectivity index (χ0) is 18.3. The van der Waals surface area contributed by atoms with Crippen molar-refractivity contribution in [1.82, 2.24) is 0 Å². The van der Waals surface area contributed by atoms with Gasteiger partial charge in [0.25, 0.3) is 0 Å². The van der Waals surface area contributed by atoms with E-state index in [0.717, 1.165) is 11.0 Å². The number of benzene rings is 1. The van der Waals surface area contributed by atoms with E-state index in [4.69, 9.17) is 5.26 Å². The van der Waals surface area contributed by atoms with E-state index in [0.29, 0.717) is 18.2 Å². The molecule has 1 aromatic rings. The largest absolute Gasteiger partial charge is 0.477 e. The van der Waals surface area contributed by atoms with E-state index in [1.807, 2.05) is 6.07 Å². The molecular weight excluding hydrogens is 321 g/mol. The Labute approximate surface area is 138 Å². The lowest BCUT2D eigenvalue weighted by Gasteiger charge is -2.21. The number of anilines is 1. The molecule has 0 saturated heterocycles. The Bertz CT molecular complexity index is 701. The van der Waals surface area contributed by atoms with Crippen molar-refractivity contribution in [3.8, 4) is 6.07 Å². The van der Waals surface area contributed by atoms with Crippen LogP contribution >= 0.6 is 0 Å². The second-order valence-electron chi connectivity index (χ2n) is 5.00. The van der Waals surface area contributed by atoms with Crippen molar-refractivity contribution in [2.45, 2.75) is 25.9 Å². The molecule has 0 aliphatic carbocycles. The number of nitrogens with zero attached hydrogens (tertiary/aromatic N) is 2. The van der Waals surface area contributed by atoms with Crippen LogP contribution in [0.15, 0.2) is 47.7 Å². The Morgan fingerprint density at radius 3 is 2.58 bits per heavy atom. The number of alkyl halides is 3. The lowest BCUT2D eigenvalue weighted by molar-refractivity contribution is -0.132. The Balaban J connectivity index is 3.34. The number of likely N-dealkylation sites (N-methyl/N-ethyl adjacent to an activating group) is 1. The Kier molecular flexibility index (Phi) is 6.59. The van der Waals surface area contributed by atoms with E-state index in [1.54, 1.807) is 6.92 Å². The maximum Gasteiger partial charge on any atom is 0.416 e. The van der Waals surface area contributed by atoms with Crippen LogP contribution in [-0.4, -0.2) is 24.3 Å². The summed E-state index contributed by atoms with van der Waals surface area (Å²) in [5, 5.41) is 18.2. The van der Waals surface area contributed by atoms with Crippen molar-refractivity contribution in [1.29, 1.82) is 5.26 Å². The van der Waals surface area contributed by atoms with E-state index in [-0.39, 0.29) is 12.0 Å². The molecule has 1 N–H and O–H groups in total. The highest BCUT2D eigenvalue weighted by atomic mass is 19.4. The lowest BCUT2D eigenvalue weighted by atomic mass is 10.1. The average Bonchev–Trinajstić information content (AvgIpc) is 2.53. The molecule has 0 radical (unpaired) electrons. The number of allylic oxidation sites excluding steroid dienone is 3. The molecule has 0 spiro atoms. The topological polar surface area (TPSA) is 64.3 Å². The van der Waals surface area contributed by atoms with Gasteiger partial charge in [-0.2, -0.15) is 18.4 Å². The van der Waals surface area contributed by atoms with E-state index >= 15 is 0 Å². The first-order valence-corrected chi connectivity index (χ1v) is 7.17. The van der Waals surface area contributed by atoms with Gasteiger partial charge in [0.15, 0.2) is 0 Å². The predicted molar refractivity (Wildman–Crippen MR) is 84.3 cm³/mol. The molecule has 1 rings (SSSR count). The first kappa shape index (κ1) is 19.3. The van der Waals surface area contributed by atoms with Gasteiger partial charge in [-0.25, -0.2) is 4.79 Å². The number of carbonyl (C=O) groups is 1. The summed E-state index contributed by atoms with van der Waals surface area (Å²) in [5.41, 5.74) is -0.962. The van der Waals surface area contributed by atoms with Gasteiger partial charge >= 0.3 is 12.1 Å². The molecule has 0 bridgehead atoms. The monoisotopic (exact) mass is 338 g/mol. The smallest absolute Gasteiger partial charge is 0.416 e. The number of nitriles is 1. The Hall–Kier alpha value is -2.75. The number of carboxylic acid groups (broad SMARTS) is 1. The van der Waals surface area contributed by atoms with Gasteiger partial charge in [-0.15, -0.1) is 0 Å². The number of halogens is 3. The van der Waals surface area contributed by atoms with Gasteiger partial charge in [0.2, 0.25) is 0 Å². The average molecular weight is 338 g/mol. The summed E-state index contributed by atoms with van der Waals surface area (Å²) < 4.78 is 39.3. The minimum Gasteiger partial charge on any atom is -0.477 e. The van der Waals surface area contributed by atoms with Crippen molar-refractivity contribution < 1.29 is 23.1 Å². The highest BCUT2D eigenvalue weighted by molar-refractivity contribution is 5.91. The molecular formula is C17H17F3N2O2. The zero-order valence-corrected chi connectivity index (χ0v) is 13.3. The van der Waals surface area contributed by atoms with Crippen molar-refractivity contribution in [2.75, 3.05) is 11.9 Å². The molecule has 7 heteroatoms. The summed E-state index contributed by atoms with van der Waals surface area (Å²) in [6, 6.07) is 7.86. The van der Waals surface area contributed by atoms with Gasteiger partial charge in [-0.3, -0.25) is 0 Å². The van der Waals surface area contributed by atoms with Crippen LogP contribution in [0, 0.1) is 11.3 Å². The summed E-state index contributed by atoms with van der Waals surface area (Å²) >= 11 is 0. The molecule has 0 heterocycles. The minimum atomic E-state index is -4.65. The van der Waals surface area contributed by atoms with Gasteiger partial charge < -0.3 is 10.0 Å². The highest BCUT2D eigenvalue weighted by Gasteiger charge is 2.33. The zero-order valence-electron chi connectivity index (χ0n) is 13.3. The maximum absolute atomic E-state index is 13.1. The van der Waals surface area contributed by atoms with Crippen LogP contribution in [0.4, 0.5) is 18.9 Å². The summed E-state index contributed by atoms with van der Waals surface area (Å²) in [6.45, 7) is 1.73.